The number of carbonyl (C=O) groups is 1. The topological polar surface area (TPSA) is 83.3 Å². The molecule has 2 aromatic rings. The lowest BCUT2D eigenvalue weighted by Crippen LogP contribution is -2.04. The Morgan fingerprint density at radius 3 is 2.13 bits per heavy atom. The Kier molecular flexibility index (Phi) is 6.26. The Morgan fingerprint density at radius 2 is 1.61 bits per heavy atom. The average Bonchev–Trinajstić information content (AvgIpc) is 2.55. The van der Waals surface area contributed by atoms with E-state index in [0.29, 0.717) is 24.4 Å². The van der Waals surface area contributed by atoms with Crippen molar-refractivity contribution in [2.45, 2.75) is 13.3 Å². The number of aliphatic hydroxyl groups is 1. The van der Waals surface area contributed by atoms with Crippen LogP contribution in [-0.4, -0.2) is 24.2 Å². The number of benzene rings is 2. The number of nitrogens with zero attached hydrogens (tertiary/aromatic N) is 2. The first kappa shape index (κ1) is 16.6. The largest absolute Gasteiger partial charge is 0.494 e. The highest BCUT2D eigenvalue weighted by atomic mass is 16.5. The highest BCUT2D eigenvalue weighted by Gasteiger charge is 1.97. The maximum Gasteiger partial charge on any atom is 0.221 e. The third-order valence-electron chi connectivity index (χ3n) is 2.88. The minimum absolute atomic E-state index is 0.110. The van der Waals surface area contributed by atoms with Crippen LogP contribution in [0, 0.1) is 0 Å². The lowest BCUT2D eigenvalue weighted by molar-refractivity contribution is -0.114. The maximum absolute atomic E-state index is 10.9. The standard InChI is InChI=1S/C17H19N3O3/c1-13(22)18-14-3-5-15(6-4-14)19-20-16-7-9-17(10-8-16)23-12-2-11-21/h3-10,21H,2,11-12H2,1H3,(H,18,22). The van der Waals surface area contributed by atoms with E-state index < -0.39 is 0 Å². The third kappa shape index (κ3) is 5.88. The Labute approximate surface area is 134 Å². The van der Waals surface area contributed by atoms with Gasteiger partial charge in [-0.15, -0.1) is 0 Å². The van der Waals surface area contributed by atoms with Crippen LogP contribution in [0.25, 0.3) is 0 Å². The molecule has 0 fully saturated rings. The first-order chi connectivity index (χ1) is 11.2. The van der Waals surface area contributed by atoms with Gasteiger partial charge in [-0.05, 0) is 48.5 Å². The molecule has 0 unspecified atom stereocenters. The van der Waals surface area contributed by atoms with Gasteiger partial charge in [0.15, 0.2) is 0 Å². The molecule has 0 aliphatic heterocycles. The van der Waals surface area contributed by atoms with Crippen molar-refractivity contribution < 1.29 is 14.6 Å². The Morgan fingerprint density at radius 1 is 1.04 bits per heavy atom. The van der Waals surface area contributed by atoms with Crippen molar-refractivity contribution in [3.05, 3.63) is 48.5 Å². The first-order valence-electron chi connectivity index (χ1n) is 7.30. The Hall–Kier alpha value is -2.73. The average molecular weight is 313 g/mol. The number of anilines is 1. The van der Waals surface area contributed by atoms with Crippen molar-refractivity contribution in [2.24, 2.45) is 10.2 Å². The molecule has 0 saturated carbocycles. The van der Waals surface area contributed by atoms with Gasteiger partial charge in [0, 0.05) is 25.6 Å². The summed E-state index contributed by atoms with van der Waals surface area (Å²) in [6, 6.07) is 14.3. The molecule has 0 bridgehead atoms. The number of azo groups is 1. The number of aliphatic hydroxyl groups excluding tert-OH is 1. The molecule has 0 aliphatic carbocycles. The summed E-state index contributed by atoms with van der Waals surface area (Å²) in [5.41, 5.74) is 2.13. The van der Waals surface area contributed by atoms with Crippen LogP contribution in [0.5, 0.6) is 5.75 Å². The monoisotopic (exact) mass is 313 g/mol. The van der Waals surface area contributed by atoms with Crippen molar-refractivity contribution in [3.8, 4) is 5.75 Å². The molecule has 6 nitrogen and oxygen atoms in total. The lowest BCUT2D eigenvalue weighted by atomic mass is 10.3. The molecule has 0 atom stereocenters. The molecule has 0 aliphatic rings. The maximum atomic E-state index is 10.9. The van der Waals surface area contributed by atoms with Gasteiger partial charge in [0.05, 0.1) is 18.0 Å². The van der Waals surface area contributed by atoms with Crippen molar-refractivity contribution >= 4 is 23.0 Å². The second-order valence-corrected chi connectivity index (χ2v) is 4.85. The van der Waals surface area contributed by atoms with E-state index in [4.69, 9.17) is 9.84 Å². The van der Waals surface area contributed by atoms with Crippen LogP contribution < -0.4 is 10.1 Å². The molecule has 120 valence electrons. The van der Waals surface area contributed by atoms with Gasteiger partial charge in [-0.25, -0.2) is 0 Å². The number of hydrogen-bond donors (Lipinski definition) is 2. The van der Waals surface area contributed by atoms with Crippen LogP contribution in [0.3, 0.4) is 0 Å². The molecule has 0 spiro atoms. The van der Waals surface area contributed by atoms with Gasteiger partial charge in [0.1, 0.15) is 5.75 Å². The van der Waals surface area contributed by atoms with Crippen LogP contribution in [0.15, 0.2) is 58.8 Å². The molecular formula is C17H19N3O3. The molecule has 0 radical (unpaired) electrons. The second kappa shape index (κ2) is 8.65. The fourth-order valence-electron chi connectivity index (χ4n) is 1.79. The van der Waals surface area contributed by atoms with E-state index in [9.17, 15) is 4.79 Å². The van der Waals surface area contributed by atoms with Gasteiger partial charge in [-0.2, -0.15) is 10.2 Å². The van der Waals surface area contributed by atoms with Gasteiger partial charge < -0.3 is 15.2 Å². The quantitative estimate of drug-likeness (QED) is 0.602. The van der Waals surface area contributed by atoms with Crippen LogP contribution in [0.4, 0.5) is 17.1 Å². The predicted molar refractivity (Wildman–Crippen MR) is 88.6 cm³/mol. The van der Waals surface area contributed by atoms with E-state index >= 15 is 0 Å². The van der Waals surface area contributed by atoms with E-state index in [1.54, 1.807) is 24.3 Å². The zero-order valence-corrected chi connectivity index (χ0v) is 12.9. The SMILES string of the molecule is CC(=O)Nc1ccc(N=Nc2ccc(OCCCO)cc2)cc1. The van der Waals surface area contributed by atoms with Crippen LogP contribution in [-0.2, 0) is 4.79 Å². The van der Waals surface area contributed by atoms with E-state index in [1.807, 2.05) is 24.3 Å². The number of nitrogens with one attached hydrogen (secondary N) is 1. The molecular weight excluding hydrogens is 294 g/mol. The van der Waals surface area contributed by atoms with E-state index in [0.717, 1.165) is 11.4 Å². The number of rotatable bonds is 7. The van der Waals surface area contributed by atoms with Gasteiger partial charge >= 0.3 is 0 Å². The number of hydrogen-bond acceptors (Lipinski definition) is 5. The summed E-state index contributed by atoms with van der Waals surface area (Å²) in [7, 11) is 0. The third-order valence-corrected chi connectivity index (χ3v) is 2.88. The molecule has 0 heterocycles. The summed E-state index contributed by atoms with van der Waals surface area (Å²) in [5.74, 6) is 0.623. The number of amides is 1. The molecule has 1 amide bonds. The lowest BCUT2D eigenvalue weighted by Gasteiger charge is -2.04. The van der Waals surface area contributed by atoms with Crippen molar-refractivity contribution in [3.63, 3.8) is 0 Å². The van der Waals surface area contributed by atoms with Crippen molar-refractivity contribution in [1.29, 1.82) is 0 Å². The summed E-state index contributed by atoms with van der Waals surface area (Å²) in [4.78, 5) is 10.9. The molecule has 2 N–H and O–H groups in total. The fourth-order valence-corrected chi connectivity index (χ4v) is 1.79. The van der Waals surface area contributed by atoms with Crippen LogP contribution >= 0.6 is 0 Å². The Balaban J connectivity index is 1.93. The normalized spacial score (nSPS) is 10.7. The van der Waals surface area contributed by atoms with E-state index in [1.165, 1.54) is 6.92 Å². The Bertz CT molecular complexity index is 652. The summed E-state index contributed by atoms with van der Waals surface area (Å²) >= 11 is 0. The highest BCUT2D eigenvalue weighted by molar-refractivity contribution is 5.88. The molecule has 2 aromatic carbocycles. The van der Waals surface area contributed by atoms with E-state index in [-0.39, 0.29) is 12.5 Å². The summed E-state index contributed by atoms with van der Waals surface area (Å²) in [5, 5.41) is 19.7. The zero-order chi connectivity index (χ0) is 16.5. The van der Waals surface area contributed by atoms with Gasteiger partial charge in [0.25, 0.3) is 0 Å². The second-order valence-electron chi connectivity index (χ2n) is 4.85. The molecule has 6 heteroatoms. The first-order valence-corrected chi connectivity index (χ1v) is 7.30. The fraction of sp³-hybridized carbons (Fsp3) is 0.235. The molecule has 23 heavy (non-hydrogen) atoms. The van der Waals surface area contributed by atoms with Gasteiger partial charge in [-0.3, -0.25) is 4.79 Å². The highest BCUT2D eigenvalue weighted by Crippen LogP contribution is 2.22. The summed E-state index contributed by atoms with van der Waals surface area (Å²) in [6.45, 7) is 2.07. The number of carbonyl (C=O) groups excluding carboxylic acids is 1. The molecule has 0 saturated heterocycles. The van der Waals surface area contributed by atoms with Crippen LogP contribution in [0.1, 0.15) is 13.3 Å². The van der Waals surface area contributed by atoms with Gasteiger partial charge in [-0.1, -0.05) is 0 Å². The summed E-state index contributed by atoms with van der Waals surface area (Å²) in [6.07, 6.45) is 0.607. The minimum atomic E-state index is -0.110. The zero-order valence-electron chi connectivity index (χ0n) is 12.9. The van der Waals surface area contributed by atoms with Crippen molar-refractivity contribution in [2.75, 3.05) is 18.5 Å². The van der Waals surface area contributed by atoms with Crippen LogP contribution in [0.2, 0.25) is 0 Å². The van der Waals surface area contributed by atoms with Crippen molar-refractivity contribution in [1.82, 2.24) is 0 Å². The smallest absolute Gasteiger partial charge is 0.221 e. The number of ether oxygens (including phenoxy) is 1. The molecule has 0 aromatic heterocycles. The minimum Gasteiger partial charge on any atom is -0.494 e. The summed E-state index contributed by atoms with van der Waals surface area (Å²) < 4.78 is 5.44. The van der Waals surface area contributed by atoms with E-state index in [2.05, 4.69) is 15.5 Å². The van der Waals surface area contributed by atoms with Gasteiger partial charge in [0.2, 0.25) is 5.91 Å². The predicted octanol–water partition coefficient (Wildman–Crippen LogP) is 3.82. The molecule has 2 rings (SSSR count).